The summed E-state index contributed by atoms with van der Waals surface area (Å²) in [6, 6.07) is 17.9. The summed E-state index contributed by atoms with van der Waals surface area (Å²) in [5.74, 6) is 1.59. The molecule has 4 heteroatoms. The molecule has 0 saturated heterocycles. The molecule has 2 atom stereocenters. The highest BCUT2D eigenvalue weighted by Crippen LogP contribution is 2.58. The first-order valence-corrected chi connectivity index (χ1v) is 10.6. The molecular formula is C24H32N2O2. The van der Waals surface area contributed by atoms with Crippen LogP contribution in [0.25, 0.3) is 0 Å². The van der Waals surface area contributed by atoms with E-state index in [1.54, 1.807) is 0 Å². The molecule has 5 rings (SSSR count). The zero-order valence-electron chi connectivity index (χ0n) is 16.6. The molecule has 0 fully saturated rings. The zero-order chi connectivity index (χ0) is 19.3. The summed E-state index contributed by atoms with van der Waals surface area (Å²) in [6.07, 6.45) is 1.82. The summed E-state index contributed by atoms with van der Waals surface area (Å²) in [5, 5.41) is 0. The summed E-state index contributed by atoms with van der Waals surface area (Å²) >= 11 is 0. The predicted octanol–water partition coefficient (Wildman–Crippen LogP) is 3.24. The molecule has 4 N–H and O–H groups in total. The van der Waals surface area contributed by atoms with Crippen molar-refractivity contribution in [1.82, 2.24) is 0 Å². The van der Waals surface area contributed by atoms with E-state index < -0.39 is 0 Å². The number of hydrogen-bond acceptors (Lipinski definition) is 4. The molecule has 0 unspecified atom stereocenters. The largest absolute Gasteiger partial charge is 0.381 e. The Morgan fingerprint density at radius 1 is 0.607 bits per heavy atom. The summed E-state index contributed by atoms with van der Waals surface area (Å²) in [6.45, 7) is 4.33. The number of fused-ring (bicyclic) bond motifs is 1. The molecule has 0 saturated carbocycles. The fraction of sp³-hybridized carbons (Fsp3) is 0.500. The zero-order valence-corrected chi connectivity index (χ0v) is 16.6. The van der Waals surface area contributed by atoms with Crippen LogP contribution < -0.4 is 11.5 Å². The molecule has 2 aromatic rings. The van der Waals surface area contributed by atoms with E-state index in [2.05, 4.69) is 48.5 Å². The van der Waals surface area contributed by atoms with Crippen molar-refractivity contribution in [3.8, 4) is 0 Å². The molecule has 0 aromatic heterocycles. The van der Waals surface area contributed by atoms with E-state index in [0.717, 1.165) is 39.3 Å². The van der Waals surface area contributed by atoms with Crippen LogP contribution >= 0.6 is 0 Å². The number of benzene rings is 2. The number of hydrogen-bond donors (Lipinski definition) is 2. The summed E-state index contributed by atoms with van der Waals surface area (Å²) in [5.41, 5.74) is 17.2. The van der Waals surface area contributed by atoms with Crippen molar-refractivity contribution >= 4 is 0 Å². The van der Waals surface area contributed by atoms with Crippen LogP contribution in [-0.4, -0.2) is 39.5 Å². The first kappa shape index (κ1) is 19.6. The van der Waals surface area contributed by atoms with Gasteiger partial charge in [0.1, 0.15) is 0 Å². The van der Waals surface area contributed by atoms with Crippen LogP contribution in [0.15, 0.2) is 48.5 Å². The van der Waals surface area contributed by atoms with Gasteiger partial charge < -0.3 is 20.9 Å². The molecular weight excluding hydrogens is 348 g/mol. The van der Waals surface area contributed by atoms with Gasteiger partial charge in [-0.2, -0.15) is 0 Å². The molecule has 2 aromatic carbocycles. The van der Waals surface area contributed by atoms with Crippen molar-refractivity contribution in [3.63, 3.8) is 0 Å². The van der Waals surface area contributed by atoms with Crippen LogP contribution in [0.4, 0.5) is 0 Å². The van der Waals surface area contributed by atoms with Gasteiger partial charge in [-0.15, -0.1) is 0 Å². The van der Waals surface area contributed by atoms with Crippen molar-refractivity contribution in [1.29, 1.82) is 0 Å². The minimum absolute atomic E-state index is 0.374. The Balaban J connectivity index is 1.67. The highest BCUT2D eigenvalue weighted by molar-refractivity contribution is 5.56. The van der Waals surface area contributed by atoms with Crippen LogP contribution in [0.2, 0.25) is 0 Å². The van der Waals surface area contributed by atoms with Gasteiger partial charge in [-0.1, -0.05) is 48.5 Å². The fourth-order valence-electron chi connectivity index (χ4n) is 5.16. The smallest absolute Gasteiger partial charge is 0.0507 e. The lowest BCUT2D eigenvalue weighted by Gasteiger charge is -2.50. The van der Waals surface area contributed by atoms with Gasteiger partial charge in [-0.05, 0) is 60.0 Å². The van der Waals surface area contributed by atoms with Gasteiger partial charge >= 0.3 is 0 Å². The Kier molecular flexibility index (Phi) is 6.43. The molecule has 3 aliphatic carbocycles. The van der Waals surface area contributed by atoms with Crippen molar-refractivity contribution in [2.75, 3.05) is 39.5 Å². The first-order chi connectivity index (χ1) is 13.9. The van der Waals surface area contributed by atoms with E-state index in [1.807, 2.05) is 0 Å². The van der Waals surface area contributed by atoms with Gasteiger partial charge in [0.15, 0.2) is 0 Å². The third-order valence-corrected chi connectivity index (χ3v) is 6.34. The average Bonchev–Trinajstić information content (AvgIpc) is 2.74. The molecule has 150 valence electrons. The van der Waals surface area contributed by atoms with Gasteiger partial charge in [-0.3, -0.25) is 0 Å². The molecule has 2 bridgehead atoms. The minimum Gasteiger partial charge on any atom is -0.381 e. The Labute approximate surface area is 168 Å². The second-order valence-corrected chi connectivity index (χ2v) is 7.98. The van der Waals surface area contributed by atoms with Crippen molar-refractivity contribution in [2.45, 2.75) is 24.7 Å². The van der Waals surface area contributed by atoms with Crippen LogP contribution in [-0.2, 0) is 9.47 Å². The molecule has 0 aliphatic heterocycles. The van der Waals surface area contributed by atoms with Crippen LogP contribution in [0, 0.1) is 11.8 Å². The topological polar surface area (TPSA) is 70.5 Å². The van der Waals surface area contributed by atoms with Crippen molar-refractivity contribution < 1.29 is 9.47 Å². The maximum absolute atomic E-state index is 6.10. The van der Waals surface area contributed by atoms with E-state index >= 15 is 0 Å². The van der Waals surface area contributed by atoms with Crippen LogP contribution in [0.5, 0.6) is 0 Å². The van der Waals surface area contributed by atoms with E-state index in [1.165, 1.54) is 22.3 Å². The van der Waals surface area contributed by atoms with Gasteiger partial charge in [0.05, 0.1) is 13.2 Å². The average molecular weight is 381 g/mol. The van der Waals surface area contributed by atoms with Crippen molar-refractivity contribution in [3.05, 3.63) is 70.8 Å². The number of rotatable bonds is 10. The second kappa shape index (κ2) is 9.19. The highest BCUT2D eigenvalue weighted by atomic mass is 16.5. The Morgan fingerprint density at radius 2 is 0.964 bits per heavy atom. The monoisotopic (exact) mass is 380 g/mol. The highest BCUT2D eigenvalue weighted by Gasteiger charge is 2.49. The normalized spacial score (nSPS) is 24.8. The van der Waals surface area contributed by atoms with E-state index in [0.29, 0.717) is 36.8 Å². The van der Waals surface area contributed by atoms with Gasteiger partial charge in [0.2, 0.25) is 0 Å². The standard InChI is InChI=1S/C24H32N2O2/c25-11-5-13-27-15-21-22(16-28-14-6-12-26)24-18-8-2-1-7-17(18)23(21)19-9-3-4-10-20(19)24/h1-4,7-10,21-24H,5-6,11-16,25-26H2/t21-,22-,23?,24?/m1/s1. The van der Waals surface area contributed by atoms with Gasteiger partial charge in [-0.25, -0.2) is 0 Å². The molecule has 4 nitrogen and oxygen atoms in total. The Hall–Kier alpha value is -1.72. The van der Waals surface area contributed by atoms with E-state index in [4.69, 9.17) is 20.9 Å². The lowest BCUT2D eigenvalue weighted by Crippen LogP contribution is -2.44. The molecule has 0 heterocycles. The molecule has 0 amide bonds. The maximum atomic E-state index is 6.10. The second-order valence-electron chi connectivity index (χ2n) is 7.98. The SMILES string of the molecule is NCCCOC[C@H]1C2c3ccccc3C(c3ccccc32)[C@@H]1COCCCN. The van der Waals surface area contributed by atoms with Gasteiger partial charge in [0, 0.05) is 25.0 Å². The third kappa shape index (κ3) is 3.62. The van der Waals surface area contributed by atoms with Crippen molar-refractivity contribution in [2.24, 2.45) is 23.3 Å². The summed E-state index contributed by atoms with van der Waals surface area (Å²) in [7, 11) is 0. The molecule has 3 aliphatic rings. The fourth-order valence-corrected chi connectivity index (χ4v) is 5.16. The first-order valence-electron chi connectivity index (χ1n) is 10.6. The molecule has 28 heavy (non-hydrogen) atoms. The number of ether oxygens (including phenoxy) is 2. The molecule has 0 spiro atoms. The minimum atomic E-state index is 0.374. The Bertz CT molecular complexity index is 667. The molecule has 0 radical (unpaired) electrons. The Morgan fingerprint density at radius 3 is 1.29 bits per heavy atom. The predicted molar refractivity (Wildman–Crippen MR) is 113 cm³/mol. The third-order valence-electron chi connectivity index (χ3n) is 6.34. The lowest BCUT2D eigenvalue weighted by molar-refractivity contribution is 0.00954. The van der Waals surface area contributed by atoms with Gasteiger partial charge in [0.25, 0.3) is 0 Å². The van der Waals surface area contributed by atoms with Crippen LogP contribution in [0.1, 0.15) is 46.9 Å². The quantitative estimate of drug-likeness (QED) is 0.621. The summed E-state index contributed by atoms with van der Waals surface area (Å²) in [4.78, 5) is 0. The maximum Gasteiger partial charge on any atom is 0.0507 e. The van der Waals surface area contributed by atoms with Crippen LogP contribution in [0.3, 0.4) is 0 Å². The number of nitrogens with two attached hydrogens (primary N) is 2. The summed E-state index contributed by atoms with van der Waals surface area (Å²) < 4.78 is 12.2. The van der Waals surface area contributed by atoms with E-state index in [-0.39, 0.29) is 0 Å². The van der Waals surface area contributed by atoms with E-state index in [9.17, 15) is 0 Å². The lowest BCUT2D eigenvalue weighted by atomic mass is 9.54.